The van der Waals surface area contributed by atoms with Crippen LogP contribution in [0.25, 0.3) is 22.0 Å². The Morgan fingerprint density at radius 1 is 1.14 bits per heavy atom. The Morgan fingerprint density at radius 2 is 1.90 bits per heavy atom. The van der Waals surface area contributed by atoms with Crippen LogP contribution in [0.1, 0.15) is 23.0 Å². The molecule has 1 heterocycles. The number of para-hydroxylation sites is 1. The van der Waals surface area contributed by atoms with Crippen LogP contribution in [0, 0.1) is 6.92 Å². The fourth-order valence-corrected chi connectivity index (χ4v) is 2.45. The summed E-state index contributed by atoms with van der Waals surface area (Å²) in [5.74, 6) is -0.316. The molecule has 106 valence electrons. The molecular weight excluding hydrogens is 262 g/mol. The van der Waals surface area contributed by atoms with E-state index in [1.165, 1.54) is 5.56 Å². The summed E-state index contributed by atoms with van der Waals surface area (Å²) in [6.45, 7) is 4.25. The van der Waals surface area contributed by atoms with E-state index in [-0.39, 0.29) is 5.97 Å². The second-order valence-electron chi connectivity index (χ2n) is 5.04. The average Bonchev–Trinajstić information content (AvgIpc) is 2.92. The number of aromatic amines is 1. The van der Waals surface area contributed by atoms with Gasteiger partial charge in [-0.25, -0.2) is 4.79 Å². The molecule has 0 atom stereocenters. The van der Waals surface area contributed by atoms with Crippen molar-refractivity contribution in [2.24, 2.45) is 0 Å². The van der Waals surface area contributed by atoms with Gasteiger partial charge in [-0.3, -0.25) is 0 Å². The van der Waals surface area contributed by atoms with Gasteiger partial charge in [0.05, 0.1) is 12.1 Å². The maximum Gasteiger partial charge on any atom is 0.354 e. The predicted molar refractivity (Wildman–Crippen MR) is 84.4 cm³/mol. The van der Waals surface area contributed by atoms with Crippen molar-refractivity contribution in [3.8, 4) is 11.1 Å². The summed E-state index contributed by atoms with van der Waals surface area (Å²) < 4.78 is 5.05. The molecule has 0 amide bonds. The van der Waals surface area contributed by atoms with Crippen LogP contribution >= 0.6 is 0 Å². The maximum absolute atomic E-state index is 11.9. The quantitative estimate of drug-likeness (QED) is 0.725. The lowest BCUT2D eigenvalue weighted by molar-refractivity contribution is 0.0520. The predicted octanol–water partition coefficient (Wildman–Crippen LogP) is 4.32. The molecule has 1 aromatic heterocycles. The lowest BCUT2D eigenvalue weighted by atomic mass is 10.0. The van der Waals surface area contributed by atoms with Gasteiger partial charge in [-0.05, 0) is 25.5 Å². The number of benzene rings is 2. The molecule has 21 heavy (non-hydrogen) atoms. The molecule has 0 radical (unpaired) electrons. The Labute approximate surface area is 123 Å². The minimum absolute atomic E-state index is 0.316. The van der Waals surface area contributed by atoms with Crippen LogP contribution in [0.15, 0.2) is 48.5 Å². The molecular formula is C18H17NO2. The van der Waals surface area contributed by atoms with Crippen molar-refractivity contribution in [2.75, 3.05) is 6.61 Å². The Balaban J connectivity index is 2.11. The van der Waals surface area contributed by atoms with Crippen LogP contribution in [-0.4, -0.2) is 17.6 Å². The van der Waals surface area contributed by atoms with Crippen LogP contribution in [0.5, 0.6) is 0 Å². The fourth-order valence-electron chi connectivity index (χ4n) is 2.45. The molecule has 1 N–H and O–H groups in total. The van der Waals surface area contributed by atoms with E-state index >= 15 is 0 Å². The van der Waals surface area contributed by atoms with Gasteiger partial charge in [-0.1, -0.05) is 48.0 Å². The van der Waals surface area contributed by atoms with E-state index in [1.54, 1.807) is 6.92 Å². The number of ether oxygens (including phenoxy) is 1. The van der Waals surface area contributed by atoms with Crippen molar-refractivity contribution in [1.82, 2.24) is 4.98 Å². The molecule has 0 saturated heterocycles. The zero-order chi connectivity index (χ0) is 14.8. The number of aromatic nitrogens is 1. The summed E-state index contributed by atoms with van der Waals surface area (Å²) in [5, 5.41) is 1.01. The molecule has 2 aromatic carbocycles. The second kappa shape index (κ2) is 5.44. The third-order valence-electron chi connectivity index (χ3n) is 3.51. The van der Waals surface area contributed by atoms with Crippen molar-refractivity contribution in [3.63, 3.8) is 0 Å². The summed E-state index contributed by atoms with van der Waals surface area (Å²) in [6, 6.07) is 16.2. The Kier molecular flexibility index (Phi) is 3.48. The van der Waals surface area contributed by atoms with Crippen molar-refractivity contribution in [1.29, 1.82) is 0 Å². The Morgan fingerprint density at radius 3 is 2.62 bits per heavy atom. The van der Waals surface area contributed by atoms with Crippen molar-refractivity contribution >= 4 is 16.9 Å². The minimum atomic E-state index is -0.316. The molecule has 3 aromatic rings. The topological polar surface area (TPSA) is 42.1 Å². The van der Waals surface area contributed by atoms with E-state index in [0.717, 1.165) is 22.0 Å². The van der Waals surface area contributed by atoms with Gasteiger partial charge in [0.25, 0.3) is 0 Å². The zero-order valence-corrected chi connectivity index (χ0v) is 12.1. The number of fused-ring (bicyclic) bond motifs is 1. The number of esters is 1. The van der Waals surface area contributed by atoms with Gasteiger partial charge in [0.15, 0.2) is 0 Å². The van der Waals surface area contributed by atoms with E-state index < -0.39 is 0 Å². The van der Waals surface area contributed by atoms with Crippen molar-refractivity contribution in [2.45, 2.75) is 13.8 Å². The number of aryl methyl sites for hydroxylation is 1. The van der Waals surface area contributed by atoms with E-state index in [1.807, 2.05) is 18.2 Å². The molecule has 0 spiro atoms. The van der Waals surface area contributed by atoms with Gasteiger partial charge in [0.1, 0.15) is 5.69 Å². The number of H-pyrrole nitrogens is 1. The first-order chi connectivity index (χ1) is 10.2. The molecule has 0 saturated carbocycles. The van der Waals surface area contributed by atoms with E-state index in [0.29, 0.717) is 12.3 Å². The van der Waals surface area contributed by atoms with Crippen LogP contribution in [0.2, 0.25) is 0 Å². The number of carbonyl (C=O) groups excluding carboxylic acids is 1. The Hall–Kier alpha value is -2.55. The number of carbonyl (C=O) groups is 1. The third kappa shape index (κ3) is 2.55. The zero-order valence-electron chi connectivity index (χ0n) is 12.1. The number of hydrogen-bond acceptors (Lipinski definition) is 2. The number of rotatable bonds is 3. The molecule has 0 aliphatic carbocycles. The highest BCUT2D eigenvalue weighted by molar-refractivity contribution is 6.00. The van der Waals surface area contributed by atoms with Crippen LogP contribution in [0.3, 0.4) is 0 Å². The van der Waals surface area contributed by atoms with Gasteiger partial charge in [-0.2, -0.15) is 0 Å². The van der Waals surface area contributed by atoms with Gasteiger partial charge >= 0.3 is 5.97 Å². The average molecular weight is 279 g/mol. The van der Waals surface area contributed by atoms with Crippen molar-refractivity contribution in [3.05, 3.63) is 59.8 Å². The Bertz CT molecular complexity index is 785. The molecule has 0 fully saturated rings. The monoisotopic (exact) mass is 279 g/mol. The van der Waals surface area contributed by atoms with Gasteiger partial charge in [0, 0.05) is 10.9 Å². The molecule has 3 rings (SSSR count). The molecule has 0 aliphatic heterocycles. The SMILES string of the molecule is CCOC(=O)c1cc2cccc(-c3ccc(C)cc3)c2[nH]1. The highest BCUT2D eigenvalue weighted by Crippen LogP contribution is 2.29. The molecule has 3 heteroatoms. The summed E-state index contributed by atoms with van der Waals surface area (Å²) >= 11 is 0. The van der Waals surface area contributed by atoms with Gasteiger partial charge in [-0.15, -0.1) is 0 Å². The van der Waals surface area contributed by atoms with E-state index in [9.17, 15) is 4.79 Å². The molecule has 0 bridgehead atoms. The van der Waals surface area contributed by atoms with Crippen LogP contribution in [-0.2, 0) is 4.74 Å². The van der Waals surface area contributed by atoms with E-state index in [2.05, 4.69) is 42.2 Å². The number of nitrogens with one attached hydrogen (secondary N) is 1. The summed E-state index contributed by atoms with van der Waals surface area (Å²) in [5.41, 5.74) is 4.90. The third-order valence-corrected chi connectivity index (χ3v) is 3.51. The first-order valence-electron chi connectivity index (χ1n) is 7.05. The van der Waals surface area contributed by atoms with Crippen molar-refractivity contribution < 1.29 is 9.53 Å². The summed E-state index contributed by atoms with van der Waals surface area (Å²) in [4.78, 5) is 15.0. The minimum Gasteiger partial charge on any atom is -0.461 e. The largest absolute Gasteiger partial charge is 0.461 e. The van der Waals surface area contributed by atoms with Gasteiger partial charge in [0.2, 0.25) is 0 Å². The highest BCUT2D eigenvalue weighted by atomic mass is 16.5. The second-order valence-corrected chi connectivity index (χ2v) is 5.04. The number of hydrogen-bond donors (Lipinski definition) is 1. The van der Waals surface area contributed by atoms with Gasteiger partial charge < -0.3 is 9.72 Å². The fraction of sp³-hybridized carbons (Fsp3) is 0.167. The lowest BCUT2D eigenvalue weighted by Gasteiger charge is -2.04. The normalized spacial score (nSPS) is 10.8. The summed E-state index contributed by atoms with van der Waals surface area (Å²) in [7, 11) is 0. The molecule has 0 unspecified atom stereocenters. The standard InChI is InChI=1S/C18H17NO2/c1-3-21-18(20)16-11-14-5-4-6-15(17(14)19-16)13-9-7-12(2)8-10-13/h4-11,19H,3H2,1-2H3. The first kappa shape index (κ1) is 13.4. The maximum atomic E-state index is 11.9. The smallest absolute Gasteiger partial charge is 0.354 e. The van der Waals surface area contributed by atoms with Crippen LogP contribution in [0.4, 0.5) is 0 Å². The van der Waals surface area contributed by atoms with Crippen LogP contribution < -0.4 is 0 Å². The lowest BCUT2D eigenvalue weighted by Crippen LogP contribution is -2.04. The first-order valence-corrected chi connectivity index (χ1v) is 7.05. The molecule has 3 nitrogen and oxygen atoms in total. The summed E-state index contributed by atoms with van der Waals surface area (Å²) in [6.07, 6.45) is 0. The molecule has 0 aliphatic rings. The highest BCUT2D eigenvalue weighted by Gasteiger charge is 2.12. The van der Waals surface area contributed by atoms with E-state index in [4.69, 9.17) is 4.74 Å².